The van der Waals surface area contributed by atoms with Gasteiger partial charge < -0.3 is 14.9 Å². The highest BCUT2D eigenvalue weighted by Gasteiger charge is 2.34. The van der Waals surface area contributed by atoms with Gasteiger partial charge in [0.15, 0.2) is 0 Å². The zero-order valence-corrected chi connectivity index (χ0v) is 14.8. The Morgan fingerprint density at radius 2 is 1.70 bits per heavy atom. The number of hydrogen-bond acceptors (Lipinski definition) is 3. The van der Waals surface area contributed by atoms with E-state index >= 15 is 0 Å². The van der Waals surface area contributed by atoms with Crippen molar-refractivity contribution < 1.29 is 19.5 Å². The Bertz CT molecular complexity index is 924. The third-order valence-electron chi connectivity index (χ3n) is 5.33. The van der Waals surface area contributed by atoms with E-state index in [0.29, 0.717) is 19.4 Å². The van der Waals surface area contributed by atoms with Crippen molar-refractivity contribution in [2.45, 2.75) is 25.3 Å². The monoisotopic (exact) mass is 364 g/mol. The van der Waals surface area contributed by atoms with Crippen molar-refractivity contribution in [3.8, 4) is 0 Å². The lowest BCUT2D eigenvalue weighted by molar-refractivity contribution is -0.141. The number of nitrogens with zero attached hydrogens (tertiary/aromatic N) is 2. The van der Waals surface area contributed by atoms with Crippen molar-refractivity contribution in [3.05, 3.63) is 65.2 Å². The van der Waals surface area contributed by atoms with Crippen LogP contribution in [0.3, 0.4) is 0 Å². The van der Waals surface area contributed by atoms with E-state index in [1.54, 1.807) is 11.0 Å². The molecule has 2 aliphatic heterocycles. The Labute approximate surface area is 157 Å². The molecule has 4 rings (SSSR count). The molecule has 2 amide bonds. The molecule has 27 heavy (non-hydrogen) atoms. The number of anilines is 1. The quantitative estimate of drug-likeness (QED) is 0.906. The summed E-state index contributed by atoms with van der Waals surface area (Å²) in [6.07, 6.45) is 1.06. The number of aryl methyl sites for hydroxylation is 1. The van der Waals surface area contributed by atoms with E-state index in [9.17, 15) is 19.5 Å². The van der Waals surface area contributed by atoms with E-state index in [0.717, 1.165) is 22.4 Å². The number of carbonyl (C=O) groups is 3. The molecule has 1 N–H and O–H groups in total. The van der Waals surface area contributed by atoms with E-state index in [1.165, 1.54) is 4.90 Å². The van der Waals surface area contributed by atoms with Gasteiger partial charge in [0.05, 0.1) is 5.92 Å². The number of aliphatic carboxylic acids is 1. The van der Waals surface area contributed by atoms with Gasteiger partial charge in [-0.05, 0) is 29.2 Å². The lowest BCUT2D eigenvalue weighted by Gasteiger charge is -2.35. The number of para-hydroxylation sites is 1. The van der Waals surface area contributed by atoms with Crippen LogP contribution >= 0.6 is 0 Å². The van der Waals surface area contributed by atoms with Crippen molar-refractivity contribution in [3.63, 3.8) is 0 Å². The second-order valence-corrected chi connectivity index (χ2v) is 6.97. The zero-order valence-electron chi connectivity index (χ0n) is 14.8. The first-order chi connectivity index (χ1) is 13.0. The second-order valence-electron chi connectivity index (χ2n) is 6.97. The highest BCUT2D eigenvalue weighted by Crippen LogP contribution is 2.30. The van der Waals surface area contributed by atoms with Gasteiger partial charge in [-0.1, -0.05) is 42.5 Å². The van der Waals surface area contributed by atoms with Gasteiger partial charge in [-0.25, -0.2) is 0 Å². The van der Waals surface area contributed by atoms with Gasteiger partial charge in [0.1, 0.15) is 6.54 Å². The third-order valence-corrected chi connectivity index (χ3v) is 5.33. The number of benzene rings is 2. The fourth-order valence-corrected chi connectivity index (χ4v) is 3.91. The molecule has 0 bridgehead atoms. The summed E-state index contributed by atoms with van der Waals surface area (Å²) in [5.41, 5.74) is 3.43. The predicted octanol–water partition coefficient (Wildman–Crippen LogP) is 2.18. The van der Waals surface area contributed by atoms with Crippen LogP contribution in [0.5, 0.6) is 0 Å². The summed E-state index contributed by atoms with van der Waals surface area (Å²) in [4.78, 5) is 40.1. The average Bonchev–Trinajstić information content (AvgIpc) is 2.69. The van der Waals surface area contributed by atoms with Gasteiger partial charge in [0.25, 0.3) is 0 Å². The first kappa shape index (κ1) is 17.3. The van der Waals surface area contributed by atoms with Crippen LogP contribution in [0.4, 0.5) is 5.69 Å². The van der Waals surface area contributed by atoms with Crippen LogP contribution < -0.4 is 4.90 Å². The molecule has 2 heterocycles. The largest absolute Gasteiger partial charge is 0.481 e. The third kappa shape index (κ3) is 3.18. The standard InChI is InChI=1S/C21H20N2O4/c24-19-10-9-14-5-2-4-8-18(14)23(19)13-20(25)22-11-15-6-1-3-7-16(15)17(12-22)21(26)27/h1-8,17H,9-13H2,(H,26,27). The molecule has 0 spiro atoms. The lowest BCUT2D eigenvalue weighted by atomic mass is 9.89. The van der Waals surface area contributed by atoms with Crippen LogP contribution in [0.15, 0.2) is 48.5 Å². The predicted molar refractivity (Wildman–Crippen MR) is 99.4 cm³/mol. The number of carboxylic acid groups (broad SMARTS) is 1. The summed E-state index contributed by atoms with van der Waals surface area (Å²) in [6, 6.07) is 14.9. The lowest BCUT2D eigenvalue weighted by Crippen LogP contribution is -2.47. The zero-order chi connectivity index (χ0) is 19.0. The summed E-state index contributed by atoms with van der Waals surface area (Å²) < 4.78 is 0. The SMILES string of the molecule is O=C(O)C1CN(C(=O)CN2C(=O)CCc3ccccc32)Cc2ccccc21. The van der Waals surface area contributed by atoms with E-state index in [4.69, 9.17) is 0 Å². The van der Waals surface area contributed by atoms with E-state index in [2.05, 4.69) is 0 Å². The molecule has 2 aromatic rings. The molecule has 6 nitrogen and oxygen atoms in total. The van der Waals surface area contributed by atoms with Crippen molar-refractivity contribution in [2.24, 2.45) is 0 Å². The summed E-state index contributed by atoms with van der Waals surface area (Å²) >= 11 is 0. The van der Waals surface area contributed by atoms with E-state index in [-0.39, 0.29) is 24.9 Å². The van der Waals surface area contributed by atoms with Crippen molar-refractivity contribution in [1.29, 1.82) is 0 Å². The van der Waals surface area contributed by atoms with Crippen LogP contribution in [0.2, 0.25) is 0 Å². The summed E-state index contributed by atoms with van der Waals surface area (Å²) in [5.74, 6) is -2.00. The van der Waals surface area contributed by atoms with Crippen LogP contribution in [0.25, 0.3) is 0 Å². The number of rotatable bonds is 3. The Hall–Kier alpha value is -3.15. The minimum Gasteiger partial charge on any atom is -0.481 e. The van der Waals surface area contributed by atoms with Crippen molar-refractivity contribution >= 4 is 23.5 Å². The second kappa shape index (κ2) is 6.87. The molecule has 0 aromatic heterocycles. The van der Waals surface area contributed by atoms with Gasteiger partial charge in [-0.3, -0.25) is 14.4 Å². The number of fused-ring (bicyclic) bond motifs is 2. The maximum atomic E-state index is 12.9. The summed E-state index contributed by atoms with van der Waals surface area (Å²) in [7, 11) is 0. The van der Waals surface area contributed by atoms with Gasteiger partial charge in [0, 0.05) is 25.2 Å². The maximum absolute atomic E-state index is 12.9. The summed E-state index contributed by atoms with van der Waals surface area (Å²) in [5, 5.41) is 9.58. The minimum atomic E-state index is -0.945. The van der Waals surface area contributed by atoms with Crippen LogP contribution in [0, 0.1) is 0 Å². The van der Waals surface area contributed by atoms with E-state index < -0.39 is 11.9 Å². The van der Waals surface area contributed by atoms with Crippen LogP contribution in [-0.4, -0.2) is 40.9 Å². The molecule has 0 fully saturated rings. The topological polar surface area (TPSA) is 77.9 Å². The molecule has 1 atom stereocenters. The molecule has 0 aliphatic carbocycles. The first-order valence-corrected chi connectivity index (χ1v) is 9.01. The molecule has 0 saturated carbocycles. The van der Waals surface area contributed by atoms with Gasteiger partial charge in [-0.15, -0.1) is 0 Å². The molecule has 2 aliphatic rings. The Morgan fingerprint density at radius 1 is 1.00 bits per heavy atom. The van der Waals surface area contributed by atoms with Crippen LogP contribution in [-0.2, 0) is 27.3 Å². The van der Waals surface area contributed by atoms with Gasteiger partial charge in [-0.2, -0.15) is 0 Å². The normalized spacial score (nSPS) is 18.7. The minimum absolute atomic E-state index is 0.0651. The van der Waals surface area contributed by atoms with Gasteiger partial charge in [0.2, 0.25) is 11.8 Å². The first-order valence-electron chi connectivity index (χ1n) is 9.01. The smallest absolute Gasteiger partial charge is 0.312 e. The molecule has 2 aromatic carbocycles. The summed E-state index contributed by atoms with van der Waals surface area (Å²) in [6.45, 7) is 0.418. The fourth-order valence-electron chi connectivity index (χ4n) is 3.91. The maximum Gasteiger partial charge on any atom is 0.312 e. The number of hydrogen-bond donors (Lipinski definition) is 1. The number of carbonyl (C=O) groups excluding carboxylic acids is 2. The fraction of sp³-hybridized carbons (Fsp3) is 0.286. The molecule has 0 radical (unpaired) electrons. The Kier molecular flexibility index (Phi) is 4.39. The Balaban J connectivity index is 1.57. The average molecular weight is 364 g/mol. The molecular weight excluding hydrogens is 344 g/mol. The highest BCUT2D eigenvalue weighted by molar-refractivity contribution is 6.01. The van der Waals surface area contributed by atoms with Crippen molar-refractivity contribution in [1.82, 2.24) is 4.90 Å². The molecule has 138 valence electrons. The molecular formula is C21H20N2O4. The number of carboxylic acids is 1. The highest BCUT2D eigenvalue weighted by atomic mass is 16.4. The molecule has 6 heteroatoms. The molecule has 0 saturated heterocycles. The van der Waals surface area contributed by atoms with E-state index in [1.807, 2.05) is 42.5 Å². The van der Waals surface area contributed by atoms with Gasteiger partial charge >= 0.3 is 5.97 Å². The Morgan fingerprint density at radius 3 is 2.48 bits per heavy atom. The van der Waals surface area contributed by atoms with Crippen molar-refractivity contribution in [2.75, 3.05) is 18.0 Å². The number of amides is 2. The molecule has 1 unspecified atom stereocenters. The van der Waals surface area contributed by atoms with Crippen LogP contribution in [0.1, 0.15) is 29.0 Å².